The molecule has 0 radical (unpaired) electrons. The molecule has 1 aromatic carbocycles. The predicted molar refractivity (Wildman–Crippen MR) is 94.9 cm³/mol. The quantitative estimate of drug-likeness (QED) is 0.584. The van der Waals surface area contributed by atoms with Crippen LogP contribution in [0.25, 0.3) is 6.08 Å². The molecule has 0 unspecified atom stereocenters. The van der Waals surface area contributed by atoms with Crippen LogP contribution in [-0.4, -0.2) is 48.8 Å². The molecule has 1 fully saturated rings. The minimum Gasteiger partial charge on any atom is -0.482 e. The normalized spacial score (nSPS) is 17.6. The first-order valence-corrected chi connectivity index (χ1v) is 8.46. The third kappa shape index (κ3) is 4.38. The number of methoxy groups -OCH3 is 1. The van der Waals surface area contributed by atoms with Gasteiger partial charge in [-0.25, -0.2) is 4.79 Å². The average molecular weight is 348 g/mol. The van der Waals surface area contributed by atoms with Crippen LogP contribution in [0.5, 0.6) is 5.75 Å². The Kier molecular flexibility index (Phi) is 6.43. The average Bonchev–Trinajstić information content (AvgIpc) is 2.89. The molecule has 0 spiro atoms. The predicted octanol–water partition coefficient (Wildman–Crippen LogP) is 2.55. The van der Waals surface area contributed by atoms with E-state index in [1.54, 1.807) is 17.0 Å². The number of thioether (sulfide) groups is 1. The van der Waals surface area contributed by atoms with Crippen molar-refractivity contribution in [3.8, 4) is 5.75 Å². The van der Waals surface area contributed by atoms with Crippen LogP contribution in [0.3, 0.4) is 0 Å². The van der Waals surface area contributed by atoms with Crippen molar-refractivity contribution in [1.29, 1.82) is 0 Å². The maximum absolute atomic E-state index is 12.4. The standard InChI is InChI=1S/C17H20N2O4S/c1-4-18-17-19(5-2)16(21)14(24-17)10-12-6-8-13(9-7-12)23-11-15(20)22-3/h6-10H,4-5,11H2,1-3H3/b14-10-,18-17?. The molecule has 0 bridgehead atoms. The number of likely N-dealkylation sites (N-methyl/N-ethyl adjacent to an activating group) is 1. The van der Waals surface area contributed by atoms with Crippen molar-refractivity contribution < 1.29 is 19.1 Å². The molecule has 1 aliphatic heterocycles. The van der Waals surface area contributed by atoms with E-state index in [9.17, 15) is 9.59 Å². The van der Waals surface area contributed by atoms with Gasteiger partial charge < -0.3 is 9.47 Å². The van der Waals surface area contributed by atoms with Crippen molar-refractivity contribution in [1.82, 2.24) is 4.90 Å². The number of aliphatic imine (C=N–C) groups is 1. The third-order valence-corrected chi connectivity index (χ3v) is 4.30. The van der Waals surface area contributed by atoms with Crippen molar-refractivity contribution >= 4 is 34.9 Å². The molecular weight excluding hydrogens is 328 g/mol. The zero-order chi connectivity index (χ0) is 17.5. The Bertz CT molecular complexity index is 668. The van der Waals surface area contributed by atoms with Crippen LogP contribution < -0.4 is 4.74 Å². The van der Waals surface area contributed by atoms with Gasteiger partial charge in [-0.2, -0.15) is 0 Å². The van der Waals surface area contributed by atoms with Gasteiger partial charge in [-0.1, -0.05) is 12.1 Å². The van der Waals surface area contributed by atoms with E-state index in [4.69, 9.17) is 4.74 Å². The van der Waals surface area contributed by atoms with E-state index in [1.807, 2.05) is 32.1 Å². The summed E-state index contributed by atoms with van der Waals surface area (Å²) in [7, 11) is 1.31. The molecule has 128 valence electrons. The van der Waals surface area contributed by atoms with E-state index in [0.717, 1.165) is 10.7 Å². The molecule has 1 heterocycles. The minimum absolute atomic E-state index is 0.0271. The Morgan fingerprint density at radius 1 is 1.29 bits per heavy atom. The van der Waals surface area contributed by atoms with Gasteiger partial charge >= 0.3 is 5.97 Å². The summed E-state index contributed by atoms with van der Waals surface area (Å²) in [6, 6.07) is 7.16. The first-order chi connectivity index (χ1) is 11.6. The number of carbonyl (C=O) groups is 2. The molecule has 6 nitrogen and oxygen atoms in total. The Hall–Kier alpha value is -2.28. The van der Waals surface area contributed by atoms with Crippen LogP contribution in [0, 0.1) is 0 Å². The third-order valence-electron chi connectivity index (χ3n) is 3.26. The molecule has 24 heavy (non-hydrogen) atoms. The monoisotopic (exact) mass is 348 g/mol. The highest BCUT2D eigenvalue weighted by atomic mass is 32.2. The van der Waals surface area contributed by atoms with Crippen LogP contribution in [0.4, 0.5) is 0 Å². The number of benzene rings is 1. The molecule has 0 saturated carbocycles. The number of hydrogen-bond acceptors (Lipinski definition) is 6. The molecule has 1 amide bonds. The van der Waals surface area contributed by atoms with Crippen LogP contribution >= 0.6 is 11.8 Å². The lowest BCUT2D eigenvalue weighted by atomic mass is 10.2. The lowest BCUT2D eigenvalue weighted by molar-refractivity contribution is -0.142. The maximum atomic E-state index is 12.4. The zero-order valence-electron chi connectivity index (χ0n) is 13.9. The summed E-state index contributed by atoms with van der Waals surface area (Å²) in [5.41, 5.74) is 0.880. The highest BCUT2D eigenvalue weighted by Gasteiger charge is 2.31. The highest BCUT2D eigenvalue weighted by molar-refractivity contribution is 8.18. The Labute approximate surface area is 145 Å². The van der Waals surface area contributed by atoms with E-state index in [1.165, 1.54) is 18.9 Å². The molecule has 2 rings (SSSR count). The van der Waals surface area contributed by atoms with Gasteiger partial charge in [0.2, 0.25) is 0 Å². The van der Waals surface area contributed by atoms with Crippen LogP contribution in [0.2, 0.25) is 0 Å². The van der Waals surface area contributed by atoms with E-state index in [-0.39, 0.29) is 12.5 Å². The topological polar surface area (TPSA) is 68.2 Å². The summed E-state index contributed by atoms with van der Waals surface area (Å²) in [5, 5.41) is 0.745. The smallest absolute Gasteiger partial charge is 0.343 e. The number of carbonyl (C=O) groups excluding carboxylic acids is 2. The van der Waals surface area contributed by atoms with Crippen LogP contribution in [0.15, 0.2) is 34.2 Å². The van der Waals surface area contributed by atoms with Crippen LogP contribution in [-0.2, 0) is 14.3 Å². The lowest BCUT2D eigenvalue weighted by Crippen LogP contribution is -2.28. The second-order valence-corrected chi connectivity index (χ2v) is 5.86. The fourth-order valence-electron chi connectivity index (χ4n) is 2.05. The van der Waals surface area contributed by atoms with Crippen molar-refractivity contribution in [3.05, 3.63) is 34.7 Å². The van der Waals surface area contributed by atoms with Gasteiger partial charge in [0, 0.05) is 13.1 Å². The van der Waals surface area contributed by atoms with E-state index in [0.29, 0.717) is 23.7 Å². The molecule has 0 atom stereocenters. The maximum Gasteiger partial charge on any atom is 0.343 e. The number of esters is 1. The van der Waals surface area contributed by atoms with Gasteiger partial charge in [0.05, 0.1) is 12.0 Å². The first kappa shape index (κ1) is 18.1. The summed E-state index contributed by atoms with van der Waals surface area (Å²) in [4.78, 5) is 30.1. The Morgan fingerprint density at radius 3 is 2.58 bits per heavy atom. The van der Waals surface area contributed by atoms with Gasteiger partial charge in [0.25, 0.3) is 5.91 Å². The van der Waals surface area contributed by atoms with Crippen LogP contribution in [0.1, 0.15) is 19.4 Å². The molecule has 7 heteroatoms. The van der Waals surface area contributed by atoms with E-state index in [2.05, 4.69) is 9.73 Å². The summed E-state index contributed by atoms with van der Waals surface area (Å²) in [5.74, 6) is 0.105. The number of amides is 1. The number of nitrogens with zero attached hydrogens (tertiary/aromatic N) is 2. The minimum atomic E-state index is -0.434. The lowest BCUT2D eigenvalue weighted by Gasteiger charge is -2.11. The number of ether oxygens (including phenoxy) is 2. The van der Waals surface area contributed by atoms with E-state index >= 15 is 0 Å². The van der Waals surface area contributed by atoms with Gasteiger partial charge in [0.15, 0.2) is 11.8 Å². The molecule has 0 aliphatic carbocycles. The number of rotatable bonds is 6. The summed E-state index contributed by atoms with van der Waals surface area (Å²) >= 11 is 1.39. The molecule has 1 aromatic rings. The molecule has 0 aromatic heterocycles. The zero-order valence-corrected chi connectivity index (χ0v) is 14.8. The van der Waals surface area contributed by atoms with Crippen molar-refractivity contribution in [3.63, 3.8) is 0 Å². The molecule has 1 saturated heterocycles. The summed E-state index contributed by atoms with van der Waals surface area (Å²) in [6.45, 7) is 4.99. The second kappa shape index (κ2) is 8.54. The Balaban J connectivity index is 2.09. The summed E-state index contributed by atoms with van der Waals surface area (Å²) < 4.78 is 9.81. The fraction of sp³-hybridized carbons (Fsp3) is 0.353. The molecule has 0 N–H and O–H groups in total. The largest absolute Gasteiger partial charge is 0.482 e. The SMILES string of the molecule is CCN=C1S/C(=C\c2ccc(OCC(=O)OC)cc2)C(=O)N1CC. The number of amidine groups is 1. The first-order valence-electron chi connectivity index (χ1n) is 7.64. The van der Waals surface area contributed by atoms with Gasteiger partial charge in [-0.15, -0.1) is 0 Å². The van der Waals surface area contributed by atoms with Gasteiger partial charge in [-0.3, -0.25) is 14.7 Å². The van der Waals surface area contributed by atoms with Crippen molar-refractivity contribution in [2.75, 3.05) is 26.8 Å². The van der Waals surface area contributed by atoms with E-state index < -0.39 is 5.97 Å². The molecule has 1 aliphatic rings. The fourth-order valence-corrected chi connectivity index (χ4v) is 3.16. The number of hydrogen-bond donors (Lipinski definition) is 0. The van der Waals surface area contributed by atoms with Gasteiger partial charge in [0.1, 0.15) is 5.75 Å². The second-order valence-electron chi connectivity index (χ2n) is 4.85. The van der Waals surface area contributed by atoms with Gasteiger partial charge in [-0.05, 0) is 49.4 Å². The highest BCUT2D eigenvalue weighted by Crippen LogP contribution is 2.32. The summed E-state index contributed by atoms with van der Waals surface area (Å²) in [6.07, 6.45) is 1.83. The molecular formula is C17H20N2O4S. The van der Waals surface area contributed by atoms with Crippen molar-refractivity contribution in [2.24, 2.45) is 4.99 Å². The van der Waals surface area contributed by atoms with Crippen molar-refractivity contribution in [2.45, 2.75) is 13.8 Å². The Morgan fingerprint density at radius 2 is 2.00 bits per heavy atom.